The molecule has 1 aromatic rings. The predicted octanol–water partition coefficient (Wildman–Crippen LogP) is 4.02. The maximum atomic E-state index is 15.6. The highest BCUT2D eigenvalue weighted by Crippen LogP contribution is 2.50. The Balaban J connectivity index is 1.33. The van der Waals surface area contributed by atoms with Gasteiger partial charge in [-0.1, -0.05) is 30.8 Å². The quantitative estimate of drug-likeness (QED) is 0.359. The summed E-state index contributed by atoms with van der Waals surface area (Å²) in [5.74, 6) is 1.02. The largest absolute Gasteiger partial charge is 0.356 e. The summed E-state index contributed by atoms with van der Waals surface area (Å²) in [5, 5.41) is 9.61. The minimum Gasteiger partial charge on any atom is -0.356 e. The van der Waals surface area contributed by atoms with E-state index >= 15 is 4.39 Å². The third-order valence-corrected chi connectivity index (χ3v) is 11.3. The number of piperazine rings is 1. The van der Waals surface area contributed by atoms with Crippen LogP contribution in [0.3, 0.4) is 0 Å². The van der Waals surface area contributed by atoms with Crippen molar-refractivity contribution >= 4 is 11.7 Å². The van der Waals surface area contributed by atoms with E-state index in [-0.39, 0.29) is 30.3 Å². The lowest BCUT2D eigenvalue weighted by Gasteiger charge is -2.57. The van der Waals surface area contributed by atoms with Gasteiger partial charge in [0.05, 0.1) is 50.3 Å². The summed E-state index contributed by atoms with van der Waals surface area (Å²) in [6.07, 6.45) is 5.05. The van der Waals surface area contributed by atoms with Gasteiger partial charge in [-0.25, -0.2) is 4.39 Å². The lowest BCUT2D eigenvalue weighted by molar-refractivity contribution is -0.980. The van der Waals surface area contributed by atoms with Crippen LogP contribution in [0.2, 0.25) is 0 Å². The van der Waals surface area contributed by atoms with Crippen molar-refractivity contribution in [1.82, 2.24) is 14.7 Å². The maximum absolute atomic E-state index is 15.6. The molecule has 44 heavy (non-hydrogen) atoms. The molecule has 9 nitrogen and oxygen atoms in total. The number of aliphatic imine (C=N–C) groups is 1. The predicted molar refractivity (Wildman–Crippen MR) is 166 cm³/mol. The summed E-state index contributed by atoms with van der Waals surface area (Å²) in [7, 11) is 4.42. The number of alkyl halides is 1. The Kier molecular flexibility index (Phi) is 8.86. The number of hydrogen-bond donors (Lipinski definition) is 0. The number of carbonyl (C=O) groups excluding carboxylic acids is 1. The highest BCUT2D eigenvalue weighted by molar-refractivity contribution is 5.89. The Morgan fingerprint density at radius 3 is 2.84 bits per heavy atom. The summed E-state index contributed by atoms with van der Waals surface area (Å²) < 4.78 is 29.3. The first-order valence-electron chi connectivity index (χ1n) is 16.4. The lowest BCUT2D eigenvalue weighted by Crippen LogP contribution is -2.71. The van der Waals surface area contributed by atoms with Gasteiger partial charge in [-0.15, -0.1) is 0 Å². The fraction of sp³-hybridized carbons (Fsp3) is 0.676. The molecule has 1 saturated carbocycles. The van der Waals surface area contributed by atoms with E-state index in [1.807, 2.05) is 24.3 Å². The van der Waals surface area contributed by atoms with E-state index in [1.165, 1.54) is 12.5 Å². The fourth-order valence-electron chi connectivity index (χ4n) is 8.57. The van der Waals surface area contributed by atoms with Crippen molar-refractivity contribution in [3.8, 4) is 6.07 Å². The molecule has 1 aromatic carbocycles. The second kappa shape index (κ2) is 12.5. The number of likely N-dealkylation sites (tertiary alicyclic amines) is 1. The molecule has 7 unspecified atom stereocenters. The van der Waals surface area contributed by atoms with Gasteiger partial charge in [0.2, 0.25) is 12.3 Å². The molecule has 8 atom stereocenters. The smallest absolute Gasteiger partial charge is 0.296 e. The second-order valence-electron chi connectivity index (χ2n) is 13.7. The summed E-state index contributed by atoms with van der Waals surface area (Å²) in [6.45, 7) is 10.1. The zero-order valence-electron chi connectivity index (χ0n) is 26.5. The van der Waals surface area contributed by atoms with Gasteiger partial charge in [0.1, 0.15) is 11.9 Å². The van der Waals surface area contributed by atoms with Crippen LogP contribution < -0.4 is 0 Å². The molecule has 6 rings (SSSR count). The number of benzene rings is 1. The van der Waals surface area contributed by atoms with Crippen LogP contribution in [0.5, 0.6) is 0 Å². The van der Waals surface area contributed by atoms with Gasteiger partial charge in [-0.05, 0) is 57.8 Å². The number of halogens is 1. The number of carbonyl (C=O) groups is 1. The number of quaternary nitrogens is 1. The second-order valence-corrected chi connectivity index (χ2v) is 13.7. The lowest BCUT2D eigenvalue weighted by atomic mass is 9.69. The van der Waals surface area contributed by atoms with E-state index < -0.39 is 18.3 Å². The third-order valence-electron chi connectivity index (χ3n) is 11.3. The molecule has 4 heterocycles. The van der Waals surface area contributed by atoms with Crippen molar-refractivity contribution in [1.29, 1.82) is 5.26 Å². The number of nitrogens with zero attached hydrogens (tertiary/aromatic N) is 6. The molecule has 10 heteroatoms. The summed E-state index contributed by atoms with van der Waals surface area (Å²) in [4.78, 5) is 24.5. The van der Waals surface area contributed by atoms with Gasteiger partial charge in [0.25, 0.3) is 6.35 Å². The number of rotatable bonds is 6. The zero-order chi connectivity index (χ0) is 31.1. The van der Waals surface area contributed by atoms with Crippen molar-refractivity contribution in [3.63, 3.8) is 0 Å². The number of ether oxygens (including phenoxy) is 2. The number of likely N-dealkylation sites (N-methyl/N-ethyl adjacent to an activating group) is 1. The molecule has 3 fully saturated rings. The van der Waals surface area contributed by atoms with E-state index in [0.717, 1.165) is 50.2 Å². The molecular formula is C34H48FN6O3+. The van der Waals surface area contributed by atoms with Crippen LogP contribution in [-0.2, 0) is 20.7 Å². The zero-order valence-corrected chi connectivity index (χ0v) is 26.5. The van der Waals surface area contributed by atoms with Gasteiger partial charge >= 0.3 is 0 Å². The molecule has 4 aliphatic heterocycles. The average molecular weight is 608 g/mol. The third kappa shape index (κ3) is 5.57. The van der Waals surface area contributed by atoms with Gasteiger partial charge in [0.15, 0.2) is 0 Å². The Bertz CT molecular complexity index is 1320. The van der Waals surface area contributed by atoms with Crippen molar-refractivity contribution in [2.24, 2.45) is 10.9 Å². The minimum atomic E-state index is -1.43. The highest BCUT2D eigenvalue weighted by atomic mass is 19.1. The molecule has 238 valence electrons. The van der Waals surface area contributed by atoms with E-state index in [2.05, 4.69) is 43.5 Å². The van der Waals surface area contributed by atoms with Crippen LogP contribution in [-0.4, -0.2) is 114 Å². The van der Waals surface area contributed by atoms with Crippen molar-refractivity contribution < 1.29 is 23.1 Å². The van der Waals surface area contributed by atoms with Crippen LogP contribution in [0.25, 0.3) is 0 Å². The van der Waals surface area contributed by atoms with Gasteiger partial charge in [-0.2, -0.15) is 10.3 Å². The molecule has 1 amide bonds. The number of amides is 1. The van der Waals surface area contributed by atoms with Crippen molar-refractivity contribution in [2.45, 2.75) is 88.3 Å². The minimum absolute atomic E-state index is 0.118. The Morgan fingerprint density at radius 1 is 1.30 bits per heavy atom. The van der Waals surface area contributed by atoms with Crippen LogP contribution in [0.1, 0.15) is 62.9 Å². The highest BCUT2D eigenvalue weighted by Gasteiger charge is 2.58. The van der Waals surface area contributed by atoms with Gasteiger partial charge in [0, 0.05) is 44.1 Å². The molecule has 1 aliphatic carbocycles. The van der Waals surface area contributed by atoms with Crippen molar-refractivity contribution in [3.05, 3.63) is 48.0 Å². The van der Waals surface area contributed by atoms with E-state index in [0.29, 0.717) is 48.8 Å². The SMILES string of the molecule is C=CC(=O)N1CCN(C2=NC(OCC3CCCN3C)[N+](C)(CC)C3C[C@@]4(CCC23)Cc2ccccc2C(F)O4)CC1CC#N. The number of hydrogen-bond acceptors (Lipinski definition) is 7. The fourth-order valence-corrected chi connectivity index (χ4v) is 8.57. The standard InChI is InChI=1S/C34H48FN6O3/c1-5-30(42)40-19-18-39(22-25(40)14-16-36)32-28-13-15-34(20-24-10-7-8-12-27(24)31(35)44-34)21-29(28)41(4,6-2)33(37-32)43-23-26-11-9-17-38(26)3/h5,7-8,10,12,25-26,28-29,31,33H,1,6,9,11,13-15,17-23H2,2-4H3/q+1/t25?,26?,28?,29?,31?,33?,34-,41?/m1/s1. The maximum Gasteiger partial charge on any atom is 0.296 e. The average Bonchev–Trinajstić information content (AvgIpc) is 3.45. The molecular weight excluding hydrogens is 559 g/mol. The topological polar surface area (TPSA) is 81.4 Å². The molecule has 1 spiro atoms. The monoisotopic (exact) mass is 607 g/mol. The van der Waals surface area contributed by atoms with Crippen LogP contribution >= 0.6 is 0 Å². The van der Waals surface area contributed by atoms with Crippen LogP contribution in [0, 0.1) is 17.2 Å². The van der Waals surface area contributed by atoms with E-state index in [4.69, 9.17) is 14.5 Å². The summed E-state index contributed by atoms with van der Waals surface area (Å²) in [5.41, 5.74) is 1.11. The molecule has 0 radical (unpaired) electrons. The van der Waals surface area contributed by atoms with Gasteiger partial charge in [-0.3, -0.25) is 9.28 Å². The van der Waals surface area contributed by atoms with Gasteiger partial charge < -0.3 is 24.2 Å². The first-order valence-corrected chi connectivity index (χ1v) is 16.4. The summed E-state index contributed by atoms with van der Waals surface area (Å²) >= 11 is 0. The number of nitriles is 1. The number of amidine groups is 1. The Morgan fingerprint density at radius 2 is 2.11 bits per heavy atom. The van der Waals surface area contributed by atoms with E-state index in [1.54, 1.807) is 4.90 Å². The van der Waals surface area contributed by atoms with Crippen molar-refractivity contribution in [2.75, 3.05) is 53.4 Å². The molecule has 0 N–H and O–H groups in total. The Labute approximate surface area is 261 Å². The molecule has 0 bridgehead atoms. The first-order chi connectivity index (χ1) is 21.2. The normalized spacial score (nSPS) is 37.2. The first kappa shape index (κ1) is 31.2. The van der Waals surface area contributed by atoms with Crippen LogP contribution in [0.4, 0.5) is 4.39 Å². The molecule has 2 saturated heterocycles. The summed E-state index contributed by atoms with van der Waals surface area (Å²) in [6, 6.07) is 10.3. The molecule has 5 aliphatic rings. The molecule has 0 aromatic heterocycles. The Hall–Kier alpha value is -2.84. The number of fused-ring (bicyclic) bond motifs is 2. The van der Waals surface area contributed by atoms with E-state index in [9.17, 15) is 10.1 Å². The van der Waals surface area contributed by atoms with Crippen LogP contribution in [0.15, 0.2) is 41.9 Å².